The summed E-state index contributed by atoms with van der Waals surface area (Å²) in [6, 6.07) is 2.85. The van der Waals surface area contributed by atoms with Crippen molar-refractivity contribution in [1.29, 1.82) is 0 Å². The molecule has 0 fully saturated rings. The number of amides is 1. The first-order valence-electron chi connectivity index (χ1n) is 5.49. The van der Waals surface area contributed by atoms with Crippen LogP contribution in [0.15, 0.2) is 12.1 Å². The summed E-state index contributed by atoms with van der Waals surface area (Å²) in [5, 5.41) is 2.63. The fourth-order valence-electron chi connectivity index (χ4n) is 2.22. The molecule has 0 saturated heterocycles. The predicted octanol–water partition coefficient (Wildman–Crippen LogP) is 0.485. The second-order valence-electron chi connectivity index (χ2n) is 4.25. The Hall–Kier alpha value is -2.04. The van der Waals surface area contributed by atoms with Gasteiger partial charge in [-0.2, -0.15) is 0 Å². The molecule has 1 atom stereocenters. The number of nitrogens with one attached hydrogen (secondary N) is 1. The highest BCUT2D eigenvalue weighted by molar-refractivity contribution is 6.08. The van der Waals surface area contributed by atoms with Crippen LogP contribution in [0.3, 0.4) is 0 Å². The summed E-state index contributed by atoms with van der Waals surface area (Å²) in [7, 11) is 0. The van der Waals surface area contributed by atoms with Gasteiger partial charge in [-0.15, -0.1) is 0 Å². The molecule has 5 N–H and O–H groups in total. The number of nitrogen functional groups attached to an aromatic ring is 2. The van der Waals surface area contributed by atoms with Crippen LogP contribution in [0.4, 0.5) is 11.4 Å². The van der Waals surface area contributed by atoms with E-state index in [-0.39, 0.29) is 11.7 Å². The number of anilines is 2. The van der Waals surface area contributed by atoms with Gasteiger partial charge in [-0.3, -0.25) is 9.59 Å². The Balaban J connectivity index is 2.41. The minimum absolute atomic E-state index is 0.147. The summed E-state index contributed by atoms with van der Waals surface area (Å²) in [4.78, 5) is 23.2. The van der Waals surface area contributed by atoms with E-state index in [0.717, 1.165) is 5.56 Å². The lowest BCUT2D eigenvalue weighted by Gasteiger charge is -2.25. The lowest BCUT2D eigenvalue weighted by Crippen LogP contribution is -2.43. The maximum Gasteiger partial charge on any atom is 0.217 e. The molecule has 1 amide bonds. The van der Waals surface area contributed by atoms with Crippen molar-refractivity contribution in [2.24, 2.45) is 0 Å². The van der Waals surface area contributed by atoms with Crippen LogP contribution in [-0.4, -0.2) is 17.7 Å². The van der Waals surface area contributed by atoms with Crippen LogP contribution in [0.1, 0.15) is 29.3 Å². The zero-order valence-corrected chi connectivity index (χ0v) is 9.62. The quantitative estimate of drug-likeness (QED) is 0.614. The van der Waals surface area contributed by atoms with E-state index in [4.69, 9.17) is 11.5 Å². The van der Waals surface area contributed by atoms with Crippen LogP contribution >= 0.6 is 0 Å². The van der Waals surface area contributed by atoms with Crippen molar-refractivity contribution in [2.45, 2.75) is 25.8 Å². The smallest absolute Gasteiger partial charge is 0.217 e. The summed E-state index contributed by atoms with van der Waals surface area (Å²) in [5.74, 6) is -0.361. The Labute approximate surface area is 99.2 Å². The van der Waals surface area contributed by atoms with Gasteiger partial charge in [0.15, 0.2) is 5.78 Å². The fraction of sp³-hybridized carbons (Fsp3) is 0.333. The van der Waals surface area contributed by atoms with Crippen molar-refractivity contribution in [1.82, 2.24) is 5.32 Å². The first kappa shape index (κ1) is 11.4. The molecule has 5 nitrogen and oxygen atoms in total. The van der Waals surface area contributed by atoms with Crippen LogP contribution in [0.5, 0.6) is 0 Å². The van der Waals surface area contributed by atoms with E-state index >= 15 is 0 Å². The molecule has 1 aromatic carbocycles. The second-order valence-corrected chi connectivity index (χ2v) is 4.25. The predicted molar refractivity (Wildman–Crippen MR) is 65.5 cm³/mol. The molecular formula is C12H15N3O2. The van der Waals surface area contributed by atoms with E-state index in [1.165, 1.54) is 6.92 Å². The highest BCUT2D eigenvalue weighted by Gasteiger charge is 2.30. The molecule has 0 saturated carbocycles. The Bertz CT molecular complexity index is 497. The summed E-state index contributed by atoms with van der Waals surface area (Å²) < 4.78 is 0. The van der Waals surface area contributed by atoms with Gasteiger partial charge in [0.2, 0.25) is 5.91 Å². The topological polar surface area (TPSA) is 98.2 Å². The first-order chi connectivity index (χ1) is 8.00. The second kappa shape index (κ2) is 4.08. The Morgan fingerprint density at radius 2 is 2.00 bits per heavy atom. The third-order valence-corrected chi connectivity index (χ3v) is 3.00. The number of ketones is 1. The van der Waals surface area contributed by atoms with Gasteiger partial charge in [-0.05, 0) is 30.5 Å². The molecule has 0 spiro atoms. The molecule has 1 aliphatic carbocycles. The minimum atomic E-state index is -0.482. The molecule has 1 aliphatic rings. The molecular weight excluding hydrogens is 218 g/mol. The largest absolute Gasteiger partial charge is 0.398 e. The fourth-order valence-corrected chi connectivity index (χ4v) is 2.22. The van der Waals surface area contributed by atoms with Crippen LogP contribution in [-0.2, 0) is 11.2 Å². The lowest BCUT2D eigenvalue weighted by molar-refractivity contribution is -0.119. The molecule has 0 radical (unpaired) electrons. The molecule has 0 bridgehead atoms. The Morgan fingerprint density at radius 1 is 1.35 bits per heavy atom. The van der Waals surface area contributed by atoms with Crippen LogP contribution < -0.4 is 16.8 Å². The number of Topliss-reactive ketones (excluding diaryl/α,β-unsaturated/α-hetero) is 1. The minimum Gasteiger partial charge on any atom is -0.398 e. The van der Waals surface area contributed by atoms with Crippen LogP contribution in [0.2, 0.25) is 0 Å². The maximum atomic E-state index is 12.2. The lowest BCUT2D eigenvalue weighted by atomic mass is 9.85. The van der Waals surface area contributed by atoms with Gasteiger partial charge < -0.3 is 16.8 Å². The van der Waals surface area contributed by atoms with Crippen molar-refractivity contribution in [2.75, 3.05) is 11.5 Å². The highest BCUT2D eigenvalue weighted by Crippen LogP contribution is 2.30. The van der Waals surface area contributed by atoms with Crippen LogP contribution in [0.25, 0.3) is 0 Å². The third kappa shape index (κ3) is 1.95. The Kier molecular flexibility index (Phi) is 2.75. The zero-order chi connectivity index (χ0) is 12.6. The van der Waals surface area contributed by atoms with Gasteiger partial charge in [0, 0.05) is 23.9 Å². The van der Waals surface area contributed by atoms with Crippen molar-refractivity contribution in [3.05, 3.63) is 23.3 Å². The zero-order valence-electron chi connectivity index (χ0n) is 9.62. The summed E-state index contributed by atoms with van der Waals surface area (Å²) in [5.41, 5.74) is 13.9. The van der Waals surface area contributed by atoms with Gasteiger partial charge in [0.1, 0.15) is 0 Å². The maximum absolute atomic E-state index is 12.2. The molecule has 0 aromatic heterocycles. The molecule has 5 heteroatoms. The van der Waals surface area contributed by atoms with Crippen molar-refractivity contribution in [3.63, 3.8) is 0 Å². The van der Waals surface area contributed by atoms with Gasteiger partial charge in [0.05, 0.1) is 6.04 Å². The monoisotopic (exact) mass is 233 g/mol. The number of benzene rings is 1. The van der Waals surface area contributed by atoms with E-state index in [2.05, 4.69) is 5.32 Å². The number of fused-ring (bicyclic) bond motifs is 1. The van der Waals surface area contributed by atoms with Crippen molar-refractivity contribution < 1.29 is 9.59 Å². The van der Waals surface area contributed by atoms with E-state index in [9.17, 15) is 9.59 Å². The van der Waals surface area contributed by atoms with Gasteiger partial charge in [0.25, 0.3) is 0 Å². The summed E-state index contributed by atoms with van der Waals surface area (Å²) >= 11 is 0. The normalized spacial score (nSPS) is 18.6. The van der Waals surface area contributed by atoms with Crippen LogP contribution in [0, 0.1) is 0 Å². The molecule has 1 aromatic rings. The van der Waals surface area contributed by atoms with Crippen molar-refractivity contribution >= 4 is 23.1 Å². The molecule has 0 heterocycles. The average Bonchev–Trinajstić information content (AvgIpc) is 2.26. The standard InChI is InChI=1S/C12H15N3O2/c1-6(16)15-10-5-2-7-8(13)3-4-9(14)11(7)12(10)17/h3-4,10H,2,5,13-14H2,1H3,(H,15,16). The summed E-state index contributed by atoms with van der Waals surface area (Å²) in [6.45, 7) is 1.39. The van der Waals surface area contributed by atoms with E-state index in [1.54, 1.807) is 12.1 Å². The highest BCUT2D eigenvalue weighted by atomic mass is 16.2. The van der Waals surface area contributed by atoms with Crippen molar-refractivity contribution in [3.8, 4) is 0 Å². The third-order valence-electron chi connectivity index (χ3n) is 3.00. The van der Waals surface area contributed by atoms with E-state index in [1.807, 2.05) is 0 Å². The van der Waals surface area contributed by atoms with E-state index < -0.39 is 6.04 Å². The average molecular weight is 233 g/mol. The molecule has 2 rings (SSSR count). The number of carbonyl (C=O) groups is 2. The first-order valence-corrected chi connectivity index (χ1v) is 5.49. The van der Waals surface area contributed by atoms with Gasteiger partial charge in [-0.1, -0.05) is 0 Å². The summed E-state index contributed by atoms with van der Waals surface area (Å²) in [6.07, 6.45) is 1.22. The molecule has 17 heavy (non-hydrogen) atoms. The number of rotatable bonds is 1. The molecule has 1 unspecified atom stereocenters. The SMILES string of the molecule is CC(=O)NC1CCc2c(N)ccc(N)c2C1=O. The van der Waals surface area contributed by atoms with Gasteiger partial charge >= 0.3 is 0 Å². The number of nitrogens with two attached hydrogens (primary N) is 2. The Morgan fingerprint density at radius 3 is 2.65 bits per heavy atom. The van der Waals surface area contributed by atoms with Gasteiger partial charge in [-0.25, -0.2) is 0 Å². The number of hydrogen-bond acceptors (Lipinski definition) is 4. The molecule has 90 valence electrons. The molecule has 0 aliphatic heterocycles. The number of hydrogen-bond donors (Lipinski definition) is 3. The number of carbonyl (C=O) groups excluding carboxylic acids is 2. The van der Waals surface area contributed by atoms with E-state index in [0.29, 0.717) is 29.8 Å².